The Kier molecular flexibility index (Phi) is 4.07. The van der Waals surface area contributed by atoms with Gasteiger partial charge < -0.3 is 10.2 Å². The number of halogens is 1. The number of aromatic nitrogens is 2. The van der Waals surface area contributed by atoms with E-state index in [-0.39, 0.29) is 12.1 Å². The van der Waals surface area contributed by atoms with Crippen LogP contribution in [-0.4, -0.2) is 27.7 Å². The molecule has 22 heavy (non-hydrogen) atoms. The Labute approximate surface area is 134 Å². The molecule has 0 unspecified atom stereocenters. The Morgan fingerprint density at radius 3 is 2.95 bits per heavy atom. The normalized spacial score (nSPS) is 17.8. The van der Waals surface area contributed by atoms with Crippen molar-refractivity contribution >= 4 is 23.3 Å². The number of aryl methyl sites for hydroxylation is 2. The van der Waals surface area contributed by atoms with Crippen LogP contribution >= 0.6 is 11.6 Å². The Hall–Kier alpha value is -2.01. The third-order valence-electron chi connectivity index (χ3n) is 4.11. The van der Waals surface area contributed by atoms with Crippen LogP contribution in [0.25, 0.3) is 0 Å². The maximum Gasteiger partial charge on any atom is 0.322 e. The van der Waals surface area contributed by atoms with E-state index >= 15 is 0 Å². The highest BCUT2D eigenvalue weighted by Gasteiger charge is 2.33. The molecule has 2 N–H and O–H groups in total. The Balaban J connectivity index is 1.80. The van der Waals surface area contributed by atoms with E-state index in [1.54, 1.807) is 12.1 Å². The number of carbonyl (C=O) groups is 1. The molecule has 0 radical (unpaired) electrons. The third-order valence-corrected chi connectivity index (χ3v) is 4.34. The molecule has 1 fully saturated rings. The average molecular weight is 319 g/mol. The van der Waals surface area contributed by atoms with Gasteiger partial charge in [0.15, 0.2) is 0 Å². The predicted molar refractivity (Wildman–Crippen MR) is 87.2 cm³/mol. The molecule has 1 aliphatic rings. The first-order valence-corrected chi connectivity index (χ1v) is 7.78. The van der Waals surface area contributed by atoms with Gasteiger partial charge in [0, 0.05) is 28.5 Å². The lowest BCUT2D eigenvalue weighted by atomic mass is 10.0. The van der Waals surface area contributed by atoms with Crippen molar-refractivity contribution in [2.75, 3.05) is 11.9 Å². The van der Waals surface area contributed by atoms with Crippen molar-refractivity contribution in [2.24, 2.45) is 0 Å². The minimum Gasteiger partial charge on any atom is -0.317 e. The highest BCUT2D eigenvalue weighted by Crippen LogP contribution is 2.35. The minimum absolute atomic E-state index is 0.0814. The van der Waals surface area contributed by atoms with Crippen molar-refractivity contribution in [3.63, 3.8) is 0 Å². The largest absolute Gasteiger partial charge is 0.322 e. The number of aromatic amines is 1. The molecular weight excluding hydrogens is 300 g/mol. The molecule has 2 amide bonds. The molecule has 3 rings (SSSR count). The van der Waals surface area contributed by atoms with Crippen molar-refractivity contribution < 1.29 is 4.79 Å². The molecule has 5 nitrogen and oxygen atoms in total. The Morgan fingerprint density at radius 2 is 2.27 bits per heavy atom. The quantitative estimate of drug-likeness (QED) is 0.877. The SMILES string of the molecule is Cc1n[nH]c(C)c1[C@H]1CCCN1C(=O)Nc1cccc(Cl)c1. The first-order valence-electron chi connectivity index (χ1n) is 7.41. The number of H-pyrrole nitrogens is 1. The number of nitrogens with one attached hydrogen (secondary N) is 2. The van der Waals surface area contributed by atoms with Crippen molar-refractivity contribution in [2.45, 2.75) is 32.7 Å². The van der Waals surface area contributed by atoms with Gasteiger partial charge in [-0.3, -0.25) is 5.10 Å². The first-order chi connectivity index (χ1) is 10.6. The smallest absolute Gasteiger partial charge is 0.317 e. The second-order valence-corrected chi connectivity index (χ2v) is 6.08. The number of carbonyl (C=O) groups excluding carboxylic acids is 1. The summed E-state index contributed by atoms with van der Waals surface area (Å²) in [7, 11) is 0. The van der Waals surface area contributed by atoms with Gasteiger partial charge in [-0.05, 0) is 44.9 Å². The van der Waals surface area contributed by atoms with Crippen molar-refractivity contribution in [3.8, 4) is 0 Å². The van der Waals surface area contributed by atoms with Crippen LogP contribution in [0.4, 0.5) is 10.5 Å². The third kappa shape index (κ3) is 2.81. The topological polar surface area (TPSA) is 61.0 Å². The van der Waals surface area contributed by atoms with E-state index in [4.69, 9.17) is 11.6 Å². The molecule has 0 aliphatic carbocycles. The molecule has 1 saturated heterocycles. The number of benzene rings is 1. The number of amides is 2. The van der Waals surface area contributed by atoms with Crippen LogP contribution in [-0.2, 0) is 0 Å². The van der Waals surface area contributed by atoms with Crippen LogP contribution < -0.4 is 5.32 Å². The van der Waals surface area contributed by atoms with Crippen molar-refractivity contribution in [1.82, 2.24) is 15.1 Å². The molecule has 1 aromatic heterocycles. The summed E-state index contributed by atoms with van der Waals surface area (Å²) in [6.07, 6.45) is 1.96. The van der Waals surface area contributed by atoms with Gasteiger partial charge in [-0.2, -0.15) is 5.10 Å². The Bertz CT molecular complexity index is 678. The molecular formula is C16H19ClN4O. The number of urea groups is 1. The summed E-state index contributed by atoms with van der Waals surface area (Å²) in [5.41, 5.74) is 3.84. The molecule has 6 heteroatoms. The van der Waals surface area contributed by atoms with Crippen LogP contribution in [0.15, 0.2) is 24.3 Å². The molecule has 116 valence electrons. The van der Waals surface area contributed by atoms with E-state index in [0.717, 1.165) is 36.3 Å². The zero-order valence-corrected chi connectivity index (χ0v) is 13.4. The van der Waals surface area contributed by atoms with E-state index in [1.165, 1.54) is 0 Å². The second kappa shape index (κ2) is 6.01. The molecule has 1 aromatic carbocycles. The number of hydrogen-bond donors (Lipinski definition) is 2. The van der Waals surface area contributed by atoms with Gasteiger partial charge in [-0.1, -0.05) is 17.7 Å². The first kappa shape index (κ1) is 14.9. The van der Waals surface area contributed by atoms with Gasteiger partial charge in [0.2, 0.25) is 0 Å². The summed E-state index contributed by atoms with van der Waals surface area (Å²) >= 11 is 5.96. The summed E-state index contributed by atoms with van der Waals surface area (Å²) in [6.45, 7) is 4.73. The second-order valence-electron chi connectivity index (χ2n) is 5.64. The lowest BCUT2D eigenvalue weighted by Gasteiger charge is -2.25. The molecule has 0 bridgehead atoms. The highest BCUT2D eigenvalue weighted by atomic mass is 35.5. The molecule has 0 saturated carbocycles. The summed E-state index contributed by atoms with van der Waals surface area (Å²) in [5.74, 6) is 0. The van der Waals surface area contributed by atoms with Crippen LogP contribution in [0, 0.1) is 13.8 Å². The summed E-state index contributed by atoms with van der Waals surface area (Å²) in [6, 6.07) is 7.18. The lowest BCUT2D eigenvalue weighted by Crippen LogP contribution is -2.34. The number of hydrogen-bond acceptors (Lipinski definition) is 2. The van der Waals surface area contributed by atoms with Crippen LogP contribution in [0.1, 0.15) is 35.8 Å². The zero-order chi connectivity index (χ0) is 15.7. The Morgan fingerprint density at radius 1 is 1.45 bits per heavy atom. The molecule has 2 aromatic rings. The fourth-order valence-corrected chi connectivity index (χ4v) is 3.31. The molecule has 1 atom stereocenters. The van der Waals surface area contributed by atoms with Crippen LogP contribution in [0.3, 0.4) is 0 Å². The summed E-state index contributed by atoms with van der Waals surface area (Å²) in [4.78, 5) is 14.5. The standard InChI is InChI=1S/C16H19ClN4O/c1-10-15(11(2)20-19-10)14-7-4-8-21(14)16(22)18-13-6-3-5-12(17)9-13/h3,5-6,9,14H,4,7-8H2,1-2H3,(H,18,22)(H,19,20)/t14-/m1/s1. The minimum atomic E-state index is -0.0928. The van der Waals surface area contributed by atoms with E-state index in [1.807, 2.05) is 30.9 Å². The van der Waals surface area contributed by atoms with Crippen LogP contribution in [0.5, 0.6) is 0 Å². The number of nitrogens with zero attached hydrogens (tertiary/aromatic N) is 2. The zero-order valence-electron chi connectivity index (χ0n) is 12.7. The van der Waals surface area contributed by atoms with Gasteiger partial charge in [0.1, 0.15) is 0 Å². The van der Waals surface area contributed by atoms with Gasteiger partial charge in [-0.15, -0.1) is 0 Å². The number of rotatable bonds is 2. The van der Waals surface area contributed by atoms with Gasteiger partial charge in [0.25, 0.3) is 0 Å². The average Bonchev–Trinajstić information content (AvgIpc) is 3.05. The van der Waals surface area contributed by atoms with Crippen LogP contribution in [0.2, 0.25) is 5.02 Å². The van der Waals surface area contributed by atoms with E-state index in [2.05, 4.69) is 15.5 Å². The van der Waals surface area contributed by atoms with E-state index in [0.29, 0.717) is 10.7 Å². The lowest BCUT2D eigenvalue weighted by molar-refractivity contribution is 0.207. The van der Waals surface area contributed by atoms with E-state index < -0.39 is 0 Å². The summed E-state index contributed by atoms with van der Waals surface area (Å²) < 4.78 is 0. The summed E-state index contributed by atoms with van der Waals surface area (Å²) in [5, 5.41) is 10.8. The molecule has 1 aliphatic heterocycles. The monoisotopic (exact) mass is 318 g/mol. The van der Waals surface area contributed by atoms with Gasteiger partial charge in [0.05, 0.1) is 11.7 Å². The number of likely N-dealkylation sites (tertiary alicyclic amines) is 1. The maximum atomic E-state index is 12.6. The van der Waals surface area contributed by atoms with Gasteiger partial charge in [-0.25, -0.2) is 4.79 Å². The molecule has 0 spiro atoms. The van der Waals surface area contributed by atoms with Gasteiger partial charge >= 0.3 is 6.03 Å². The molecule has 2 heterocycles. The van der Waals surface area contributed by atoms with Crippen molar-refractivity contribution in [3.05, 3.63) is 46.2 Å². The predicted octanol–water partition coefficient (Wildman–Crippen LogP) is 4.05. The highest BCUT2D eigenvalue weighted by molar-refractivity contribution is 6.30. The van der Waals surface area contributed by atoms with E-state index in [9.17, 15) is 4.79 Å². The fraction of sp³-hybridized carbons (Fsp3) is 0.375. The maximum absolute atomic E-state index is 12.6. The number of anilines is 1. The van der Waals surface area contributed by atoms with Crippen molar-refractivity contribution in [1.29, 1.82) is 0 Å². The fourth-order valence-electron chi connectivity index (χ4n) is 3.12.